The van der Waals surface area contributed by atoms with Gasteiger partial charge < -0.3 is 15.7 Å². The molecule has 6 nitrogen and oxygen atoms in total. The first kappa shape index (κ1) is 13.4. The molecule has 0 saturated carbocycles. The summed E-state index contributed by atoms with van der Waals surface area (Å²) < 4.78 is 0. The summed E-state index contributed by atoms with van der Waals surface area (Å²) >= 11 is 1.45. The lowest BCUT2D eigenvalue weighted by Crippen LogP contribution is -2.44. The van der Waals surface area contributed by atoms with Gasteiger partial charge in [-0.05, 0) is 13.8 Å². The van der Waals surface area contributed by atoms with Crippen LogP contribution in [0.15, 0.2) is 11.6 Å². The average molecular weight is 257 g/mol. The van der Waals surface area contributed by atoms with E-state index in [4.69, 9.17) is 5.11 Å². The maximum atomic E-state index is 11.4. The minimum absolute atomic E-state index is 0.345. The highest BCUT2D eigenvalue weighted by Crippen LogP contribution is 2.04. The summed E-state index contributed by atoms with van der Waals surface area (Å²) in [7, 11) is 0. The number of nitrogens with one attached hydrogen (secondary N) is 2. The molecule has 0 aromatic carbocycles. The summed E-state index contributed by atoms with van der Waals surface area (Å²) in [6.07, 6.45) is 1.66. The molecule has 1 rings (SSSR count). The van der Waals surface area contributed by atoms with Crippen LogP contribution >= 0.6 is 11.3 Å². The number of aromatic nitrogens is 1. The third kappa shape index (κ3) is 4.39. The summed E-state index contributed by atoms with van der Waals surface area (Å²) in [6.45, 7) is 3.55. The van der Waals surface area contributed by atoms with E-state index in [0.29, 0.717) is 6.54 Å². The molecule has 0 bridgehead atoms. The van der Waals surface area contributed by atoms with Crippen LogP contribution in [-0.4, -0.2) is 28.1 Å². The highest BCUT2D eigenvalue weighted by atomic mass is 32.1. The Balaban J connectivity index is 2.32. The second kappa shape index (κ2) is 6.19. The van der Waals surface area contributed by atoms with Crippen LogP contribution in [0.1, 0.15) is 18.9 Å². The van der Waals surface area contributed by atoms with Crippen molar-refractivity contribution >= 4 is 23.3 Å². The van der Waals surface area contributed by atoms with Crippen molar-refractivity contribution in [3.8, 4) is 0 Å². The smallest absolute Gasteiger partial charge is 0.315 e. The summed E-state index contributed by atoms with van der Waals surface area (Å²) in [6, 6.07) is -0.815. The van der Waals surface area contributed by atoms with Gasteiger partial charge in [0.1, 0.15) is 5.01 Å². The Morgan fingerprint density at radius 2 is 2.24 bits per heavy atom. The zero-order valence-electron chi connectivity index (χ0n) is 9.64. The molecule has 2 unspecified atom stereocenters. The molecule has 1 heterocycles. The Labute approximate surface area is 103 Å². The molecule has 0 saturated heterocycles. The Bertz CT molecular complexity index is 380. The molecule has 1 aromatic heterocycles. The van der Waals surface area contributed by atoms with Crippen LogP contribution in [0.4, 0.5) is 4.79 Å². The van der Waals surface area contributed by atoms with Crippen LogP contribution in [0.3, 0.4) is 0 Å². The van der Waals surface area contributed by atoms with Crippen molar-refractivity contribution in [2.24, 2.45) is 5.92 Å². The summed E-state index contributed by atoms with van der Waals surface area (Å²) in [5, 5.41) is 16.6. The van der Waals surface area contributed by atoms with E-state index in [0.717, 1.165) is 5.01 Å². The first-order valence-electron chi connectivity index (χ1n) is 5.16. The van der Waals surface area contributed by atoms with Gasteiger partial charge in [0.05, 0.1) is 12.5 Å². The average Bonchev–Trinajstić information content (AvgIpc) is 2.77. The third-order valence-corrected chi connectivity index (χ3v) is 3.16. The number of carbonyl (C=O) groups excluding carboxylic acids is 1. The first-order chi connectivity index (χ1) is 8.00. The van der Waals surface area contributed by atoms with Crippen molar-refractivity contribution in [3.63, 3.8) is 0 Å². The van der Waals surface area contributed by atoms with Gasteiger partial charge >= 0.3 is 12.0 Å². The highest BCUT2D eigenvalue weighted by molar-refractivity contribution is 7.09. The van der Waals surface area contributed by atoms with E-state index >= 15 is 0 Å². The largest absolute Gasteiger partial charge is 0.481 e. The fraction of sp³-hybridized carbons (Fsp3) is 0.500. The molecule has 0 spiro atoms. The molecule has 2 amide bonds. The molecule has 94 valence electrons. The minimum atomic E-state index is -0.933. The molecule has 0 aliphatic rings. The van der Waals surface area contributed by atoms with Crippen molar-refractivity contribution in [1.29, 1.82) is 0 Å². The molecule has 3 N–H and O–H groups in total. The van der Waals surface area contributed by atoms with Crippen LogP contribution < -0.4 is 10.6 Å². The van der Waals surface area contributed by atoms with Gasteiger partial charge in [-0.3, -0.25) is 4.79 Å². The van der Waals surface area contributed by atoms with Gasteiger partial charge in [0.2, 0.25) is 0 Å². The van der Waals surface area contributed by atoms with E-state index in [1.165, 1.54) is 11.3 Å². The van der Waals surface area contributed by atoms with Gasteiger partial charge in [-0.2, -0.15) is 0 Å². The summed E-state index contributed by atoms with van der Waals surface area (Å²) in [4.78, 5) is 26.1. The van der Waals surface area contributed by atoms with E-state index in [1.807, 2.05) is 5.38 Å². The van der Waals surface area contributed by atoms with Crippen molar-refractivity contribution in [2.45, 2.75) is 26.4 Å². The fourth-order valence-electron chi connectivity index (χ4n) is 1.09. The lowest BCUT2D eigenvalue weighted by Gasteiger charge is -2.17. The standard InChI is InChI=1S/C10H15N3O3S/c1-6(9(14)15)7(2)13-10(16)12-5-8-11-3-4-17-8/h3-4,6-7H,5H2,1-2H3,(H,14,15)(H2,12,13,16). The normalized spacial score (nSPS) is 13.8. The van der Waals surface area contributed by atoms with Gasteiger partial charge in [-0.1, -0.05) is 0 Å². The zero-order valence-corrected chi connectivity index (χ0v) is 10.5. The number of nitrogens with zero attached hydrogens (tertiary/aromatic N) is 1. The predicted octanol–water partition coefficient (Wildman–Crippen LogP) is 1.05. The van der Waals surface area contributed by atoms with Gasteiger partial charge in [-0.15, -0.1) is 11.3 Å². The van der Waals surface area contributed by atoms with Gasteiger partial charge in [0, 0.05) is 17.6 Å². The van der Waals surface area contributed by atoms with E-state index in [2.05, 4.69) is 15.6 Å². The third-order valence-electron chi connectivity index (χ3n) is 2.38. The molecular formula is C10H15N3O3S. The number of hydrogen-bond acceptors (Lipinski definition) is 4. The Morgan fingerprint density at radius 3 is 2.76 bits per heavy atom. The number of amides is 2. The fourth-order valence-corrected chi connectivity index (χ4v) is 1.65. The van der Waals surface area contributed by atoms with Crippen molar-refractivity contribution < 1.29 is 14.7 Å². The molecule has 0 aliphatic heterocycles. The topological polar surface area (TPSA) is 91.3 Å². The van der Waals surface area contributed by atoms with Crippen molar-refractivity contribution in [3.05, 3.63) is 16.6 Å². The molecular weight excluding hydrogens is 242 g/mol. The van der Waals surface area contributed by atoms with Crippen LogP contribution in [0.2, 0.25) is 0 Å². The zero-order chi connectivity index (χ0) is 12.8. The van der Waals surface area contributed by atoms with E-state index in [9.17, 15) is 9.59 Å². The van der Waals surface area contributed by atoms with Crippen molar-refractivity contribution in [1.82, 2.24) is 15.6 Å². The first-order valence-corrected chi connectivity index (χ1v) is 6.04. The Kier molecular flexibility index (Phi) is 4.89. The summed E-state index contributed by atoms with van der Waals surface area (Å²) in [5.74, 6) is -1.56. The number of carboxylic acids is 1. The number of thiazole rings is 1. The van der Waals surface area contributed by atoms with Gasteiger partial charge in [-0.25, -0.2) is 9.78 Å². The van der Waals surface area contributed by atoms with E-state index < -0.39 is 17.9 Å². The number of urea groups is 1. The molecule has 17 heavy (non-hydrogen) atoms. The van der Waals surface area contributed by atoms with Gasteiger partial charge in [0.15, 0.2) is 0 Å². The second-order valence-corrected chi connectivity index (χ2v) is 4.65. The predicted molar refractivity (Wildman–Crippen MR) is 63.7 cm³/mol. The highest BCUT2D eigenvalue weighted by Gasteiger charge is 2.20. The Hall–Kier alpha value is -1.63. The number of carboxylic acid groups (broad SMARTS) is 1. The lowest BCUT2D eigenvalue weighted by atomic mass is 10.0. The number of carbonyl (C=O) groups is 2. The maximum Gasteiger partial charge on any atom is 0.315 e. The van der Waals surface area contributed by atoms with Crippen LogP contribution in [0.25, 0.3) is 0 Å². The SMILES string of the molecule is CC(NC(=O)NCc1nccs1)C(C)C(=O)O. The number of hydrogen-bond donors (Lipinski definition) is 3. The summed E-state index contributed by atoms with van der Waals surface area (Å²) in [5.41, 5.74) is 0. The molecule has 2 atom stereocenters. The van der Waals surface area contributed by atoms with Crippen LogP contribution in [0, 0.1) is 5.92 Å². The van der Waals surface area contributed by atoms with Crippen LogP contribution in [0.5, 0.6) is 0 Å². The van der Waals surface area contributed by atoms with Crippen molar-refractivity contribution in [2.75, 3.05) is 0 Å². The monoisotopic (exact) mass is 257 g/mol. The second-order valence-electron chi connectivity index (χ2n) is 3.67. The van der Waals surface area contributed by atoms with Gasteiger partial charge in [0.25, 0.3) is 0 Å². The van der Waals surface area contributed by atoms with E-state index in [-0.39, 0.29) is 6.03 Å². The molecule has 7 heteroatoms. The maximum absolute atomic E-state index is 11.4. The number of aliphatic carboxylic acids is 1. The quantitative estimate of drug-likeness (QED) is 0.735. The minimum Gasteiger partial charge on any atom is -0.481 e. The molecule has 0 aliphatic carbocycles. The van der Waals surface area contributed by atoms with E-state index in [1.54, 1.807) is 20.0 Å². The number of rotatable bonds is 5. The molecule has 1 aromatic rings. The van der Waals surface area contributed by atoms with Crippen LogP contribution in [-0.2, 0) is 11.3 Å². The molecule has 0 fully saturated rings. The molecule has 0 radical (unpaired) electrons. The Morgan fingerprint density at radius 1 is 1.53 bits per heavy atom. The lowest BCUT2D eigenvalue weighted by molar-refractivity contribution is -0.141.